The van der Waals surface area contributed by atoms with Crippen molar-refractivity contribution in [2.24, 2.45) is 5.41 Å². The molecule has 0 aromatic heterocycles. The highest BCUT2D eigenvalue weighted by Gasteiger charge is 2.50. The molecule has 8 heteroatoms. The summed E-state index contributed by atoms with van der Waals surface area (Å²) in [4.78, 5) is 31.0. The number of carbonyl (C=O) groups is 2. The summed E-state index contributed by atoms with van der Waals surface area (Å²) < 4.78 is 6.69. The fraction of sp³-hybridized carbons (Fsp3) is 0.500. The molecule has 2 heterocycles. The molecule has 2 aliphatic rings. The lowest BCUT2D eigenvalue weighted by Crippen LogP contribution is -2.53. The summed E-state index contributed by atoms with van der Waals surface area (Å²) in [5.41, 5.74) is -0.591. The highest BCUT2D eigenvalue weighted by atomic mass is 79.9. The van der Waals surface area contributed by atoms with Gasteiger partial charge >= 0.3 is 5.97 Å². The molecule has 6 nitrogen and oxygen atoms in total. The van der Waals surface area contributed by atoms with E-state index in [0.717, 1.165) is 4.47 Å². The molecule has 0 atom stereocenters. The van der Waals surface area contributed by atoms with Gasteiger partial charge in [-0.25, -0.2) is 0 Å². The maximum atomic E-state index is 13.0. The van der Waals surface area contributed by atoms with E-state index >= 15 is 0 Å². The molecule has 1 amide bonds. The summed E-state index contributed by atoms with van der Waals surface area (Å²) in [6, 6.07) is 5.29. The van der Waals surface area contributed by atoms with E-state index < -0.39 is 16.9 Å². The second kappa shape index (κ2) is 7.78. The molecule has 1 spiro atoms. The van der Waals surface area contributed by atoms with Gasteiger partial charge in [0.05, 0.1) is 18.1 Å². The molecule has 1 aromatic carbocycles. The minimum absolute atomic E-state index is 0.285. The minimum Gasteiger partial charge on any atom is -0.427 e. The fourth-order valence-electron chi connectivity index (χ4n) is 3.41. The van der Waals surface area contributed by atoms with Crippen molar-refractivity contribution in [1.29, 1.82) is 0 Å². The van der Waals surface area contributed by atoms with Crippen LogP contribution in [0.4, 0.5) is 0 Å². The Labute approximate surface area is 178 Å². The standard InChI is InChI=1S/C20H24BrClN2O4/c1-19(2,3)18(26)28-16-15(13-6-5-12(21)11-14(13)22)17(25)23-20(16)7-9-24(27-4)10-8-20/h5-6,11H,7-10H2,1-4H3,(H,23,25). The highest BCUT2D eigenvalue weighted by molar-refractivity contribution is 9.10. The number of nitrogens with zero attached hydrogens (tertiary/aromatic N) is 1. The molecule has 0 bridgehead atoms. The van der Waals surface area contributed by atoms with Gasteiger partial charge < -0.3 is 14.9 Å². The first kappa shape index (κ1) is 21.3. The molecule has 0 radical (unpaired) electrons. The van der Waals surface area contributed by atoms with Crippen LogP contribution in [-0.4, -0.2) is 42.7 Å². The van der Waals surface area contributed by atoms with Crippen LogP contribution in [0.3, 0.4) is 0 Å². The van der Waals surface area contributed by atoms with Crippen LogP contribution < -0.4 is 5.32 Å². The van der Waals surface area contributed by atoms with Gasteiger partial charge in [-0.3, -0.25) is 9.59 Å². The largest absolute Gasteiger partial charge is 0.427 e. The van der Waals surface area contributed by atoms with E-state index in [-0.39, 0.29) is 5.91 Å². The monoisotopic (exact) mass is 470 g/mol. The summed E-state index contributed by atoms with van der Waals surface area (Å²) in [5.74, 6) is -0.317. The number of hydrogen-bond donors (Lipinski definition) is 1. The number of rotatable bonds is 3. The second-order valence-corrected chi connectivity index (χ2v) is 9.44. The highest BCUT2D eigenvalue weighted by Crippen LogP contribution is 2.43. The van der Waals surface area contributed by atoms with Gasteiger partial charge in [-0.05, 0) is 45.7 Å². The van der Waals surface area contributed by atoms with E-state index in [1.165, 1.54) is 0 Å². The number of nitrogens with one attached hydrogen (secondary N) is 1. The van der Waals surface area contributed by atoms with Crippen molar-refractivity contribution in [2.45, 2.75) is 39.2 Å². The van der Waals surface area contributed by atoms with Gasteiger partial charge in [-0.1, -0.05) is 33.6 Å². The lowest BCUT2D eigenvalue weighted by molar-refractivity contribution is -0.159. The molecule has 2 aliphatic heterocycles. The number of ether oxygens (including phenoxy) is 1. The van der Waals surface area contributed by atoms with Crippen LogP contribution in [0.5, 0.6) is 0 Å². The van der Waals surface area contributed by atoms with Gasteiger partial charge in [0.2, 0.25) is 0 Å². The molecule has 0 saturated carbocycles. The van der Waals surface area contributed by atoms with Crippen molar-refractivity contribution in [3.05, 3.63) is 39.0 Å². The van der Waals surface area contributed by atoms with E-state index in [1.807, 2.05) is 11.1 Å². The van der Waals surface area contributed by atoms with Crippen molar-refractivity contribution in [3.63, 3.8) is 0 Å². The molecule has 3 rings (SSSR count). The van der Waals surface area contributed by atoms with Crippen molar-refractivity contribution in [3.8, 4) is 0 Å². The van der Waals surface area contributed by atoms with Gasteiger partial charge in [-0.2, -0.15) is 5.06 Å². The zero-order valence-electron chi connectivity index (χ0n) is 16.4. The number of piperidine rings is 1. The van der Waals surface area contributed by atoms with Crippen LogP contribution in [0.1, 0.15) is 39.2 Å². The summed E-state index contributed by atoms with van der Waals surface area (Å²) >= 11 is 9.81. The van der Waals surface area contributed by atoms with E-state index in [0.29, 0.717) is 47.8 Å². The van der Waals surface area contributed by atoms with Gasteiger partial charge in [-0.15, -0.1) is 0 Å². The van der Waals surface area contributed by atoms with Crippen LogP contribution in [-0.2, 0) is 19.2 Å². The van der Waals surface area contributed by atoms with Crippen LogP contribution in [0.15, 0.2) is 28.4 Å². The Bertz CT molecular complexity index is 839. The normalized spacial score (nSPS) is 19.9. The predicted molar refractivity (Wildman–Crippen MR) is 110 cm³/mol. The van der Waals surface area contributed by atoms with Gasteiger partial charge in [0.1, 0.15) is 11.3 Å². The quantitative estimate of drug-likeness (QED) is 0.677. The smallest absolute Gasteiger partial charge is 0.316 e. The summed E-state index contributed by atoms with van der Waals surface area (Å²) in [6.07, 6.45) is 1.13. The van der Waals surface area contributed by atoms with Crippen molar-refractivity contribution in [1.82, 2.24) is 10.4 Å². The van der Waals surface area contributed by atoms with E-state index in [2.05, 4.69) is 21.2 Å². The minimum atomic E-state index is -0.751. The van der Waals surface area contributed by atoms with Crippen LogP contribution in [0, 0.1) is 5.41 Å². The number of halogens is 2. The second-order valence-electron chi connectivity index (χ2n) is 8.12. The summed E-state index contributed by atoms with van der Waals surface area (Å²) in [5, 5.41) is 5.31. The zero-order chi connectivity index (χ0) is 20.7. The van der Waals surface area contributed by atoms with Crippen molar-refractivity contribution < 1.29 is 19.2 Å². The maximum Gasteiger partial charge on any atom is 0.316 e. The zero-order valence-corrected chi connectivity index (χ0v) is 18.7. The Morgan fingerprint density at radius 2 is 1.93 bits per heavy atom. The molecular weight excluding hydrogens is 448 g/mol. The molecule has 0 unspecified atom stereocenters. The SMILES string of the molecule is CON1CCC2(CC1)NC(=O)C(c1ccc(Br)cc1Cl)=C2OC(=O)C(C)(C)C. The number of hydroxylamine groups is 2. The molecule has 1 N–H and O–H groups in total. The van der Waals surface area contributed by atoms with Crippen molar-refractivity contribution in [2.75, 3.05) is 20.2 Å². The number of amides is 1. The van der Waals surface area contributed by atoms with E-state index in [4.69, 9.17) is 21.2 Å². The number of esters is 1. The third-order valence-electron chi connectivity index (χ3n) is 5.08. The molecule has 152 valence electrons. The molecule has 0 aliphatic carbocycles. The Balaban J connectivity index is 2.11. The van der Waals surface area contributed by atoms with Crippen LogP contribution in [0.2, 0.25) is 5.02 Å². The maximum absolute atomic E-state index is 13.0. The third-order valence-corrected chi connectivity index (χ3v) is 5.89. The topological polar surface area (TPSA) is 67.9 Å². The van der Waals surface area contributed by atoms with Gasteiger partial charge in [0.25, 0.3) is 5.91 Å². The number of benzene rings is 1. The first-order chi connectivity index (χ1) is 13.1. The molecule has 28 heavy (non-hydrogen) atoms. The predicted octanol–water partition coefficient (Wildman–Crippen LogP) is 3.93. The van der Waals surface area contributed by atoms with E-state index in [9.17, 15) is 9.59 Å². The first-order valence-corrected chi connectivity index (χ1v) is 10.3. The summed E-state index contributed by atoms with van der Waals surface area (Å²) in [7, 11) is 1.62. The van der Waals surface area contributed by atoms with Gasteiger partial charge in [0, 0.05) is 28.1 Å². The van der Waals surface area contributed by atoms with Crippen LogP contribution in [0.25, 0.3) is 5.57 Å². The average molecular weight is 472 g/mol. The average Bonchev–Trinajstić information content (AvgIpc) is 2.86. The summed E-state index contributed by atoms with van der Waals surface area (Å²) in [6.45, 7) is 6.56. The number of carbonyl (C=O) groups excluding carboxylic acids is 2. The Morgan fingerprint density at radius 3 is 2.46 bits per heavy atom. The Morgan fingerprint density at radius 1 is 1.29 bits per heavy atom. The lowest BCUT2D eigenvalue weighted by Gasteiger charge is -2.39. The van der Waals surface area contributed by atoms with Crippen LogP contribution >= 0.6 is 27.5 Å². The molecule has 1 saturated heterocycles. The van der Waals surface area contributed by atoms with Crippen molar-refractivity contribution >= 4 is 45.0 Å². The first-order valence-electron chi connectivity index (χ1n) is 9.11. The molecule has 1 fully saturated rings. The van der Waals surface area contributed by atoms with Gasteiger partial charge in [0.15, 0.2) is 0 Å². The molecular formula is C20H24BrClN2O4. The Hall–Kier alpha value is -1.41. The third kappa shape index (κ3) is 3.99. The fourth-order valence-corrected chi connectivity index (χ4v) is 4.18. The Kier molecular flexibility index (Phi) is 5.92. The van der Waals surface area contributed by atoms with E-state index in [1.54, 1.807) is 40.0 Å². The lowest BCUT2D eigenvalue weighted by atomic mass is 9.85. The molecule has 1 aromatic rings. The number of hydrogen-bond acceptors (Lipinski definition) is 5.